The molecule has 1 N–H and O–H groups in total. The smallest absolute Gasteiger partial charge is 0.254 e. The van der Waals surface area contributed by atoms with Crippen LogP contribution in [0.25, 0.3) is 0 Å². The summed E-state index contributed by atoms with van der Waals surface area (Å²) in [6.45, 7) is 5.11. The highest BCUT2D eigenvalue weighted by Gasteiger charge is 2.24. The molecule has 0 spiro atoms. The van der Waals surface area contributed by atoms with Crippen molar-refractivity contribution in [2.75, 3.05) is 13.2 Å². The van der Waals surface area contributed by atoms with Gasteiger partial charge in [0.25, 0.3) is 5.91 Å². The molecule has 1 aliphatic heterocycles. The van der Waals surface area contributed by atoms with E-state index < -0.39 is 5.82 Å². The number of amides is 1. The zero-order chi connectivity index (χ0) is 13.1. The Morgan fingerprint density at radius 2 is 2.33 bits per heavy atom. The zero-order valence-electron chi connectivity index (χ0n) is 10.7. The SMILES string of the molecule is Cc1ccc(F)c(C(=O)NCC2CCOC2C)c1. The highest BCUT2D eigenvalue weighted by molar-refractivity contribution is 5.94. The number of ether oxygens (including phenoxy) is 1. The topological polar surface area (TPSA) is 38.3 Å². The third-order valence-electron chi connectivity index (χ3n) is 3.42. The van der Waals surface area contributed by atoms with Crippen molar-refractivity contribution in [2.45, 2.75) is 26.4 Å². The lowest BCUT2D eigenvalue weighted by Crippen LogP contribution is -2.32. The average Bonchev–Trinajstić information content (AvgIpc) is 2.75. The van der Waals surface area contributed by atoms with E-state index in [0.717, 1.165) is 18.6 Å². The molecule has 4 heteroatoms. The summed E-state index contributed by atoms with van der Waals surface area (Å²) < 4.78 is 18.9. The fourth-order valence-electron chi connectivity index (χ4n) is 2.18. The van der Waals surface area contributed by atoms with Crippen molar-refractivity contribution >= 4 is 5.91 Å². The quantitative estimate of drug-likeness (QED) is 0.895. The Balaban J connectivity index is 1.97. The van der Waals surface area contributed by atoms with Crippen LogP contribution in [0.3, 0.4) is 0 Å². The van der Waals surface area contributed by atoms with Gasteiger partial charge in [0.05, 0.1) is 11.7 Å². The van der Waals surface area contributed by atoms with Crippen LogP contribution in [0, 0.1) is 18.7 Å². The fourth-order valence-corrected chi connectivity index (χ4v) is 2.18. The van der Waals surface area contributed by atoms with Crippen molar-refractivity contribution in [1.29, 1.82) is 0 Å². The van der Waals surface area contributed by atoms with Gasteiger partial charge in [-0.1, -0.05) is 11.6 Å². The Hall–Kier alpha value is -1.42. The van der Waals surface area contributed by atoms with Crippen LogP contribution in [0.5, 0.6) is 0 Å². The monoisotopic (exact) mass is 251 g/mol. The van der Waals surface area contributed by atoms with E-state index in [1.807, 2.05) is 13.8 Å². The second kappa shape index (κ2) is 5.48. The summed E-state index contributed by atoms with van der Waals surface area (Å²) in [6, 6.07) is 4.55. The summed E-state index contributed by atoms with van der Waals surface area (Å²) in [6.07, 6.45) is 1.10. The summed E-state index contributed by atoms with van der Waals surface area (Å²) >= 11 is 0. The molecule has 2 rings (SSSR count). The molecule has 1 saturated heterocycles. The maximum Gasteiger partial charge on any atom is 0.254 e. The number of carbonyl (C=O) groups is 1. The lowest BCUT2D eigenvalue weighted by atomic mass is 10.0. The lowest BCUT2D eigenvalue weighted by molar-refractivity contribution is 0.0904. The predicted molar refractivity (Wildman–Crippen MR) is 67.0 cm³/mol. The van der Waals surface area contributed by atoms with Crippen LogP contribution in [-0.2, 0) is 4.74 Å². The van der Waals surface area contributed by atoms with Crippen LogP contribution in [-0.4, -0.2) is 25.2 Å². The minimum absolute atomic E-state index is 0.113. The number of halogens is 1. The molecule has 98 valence electrons. The summed E-state index contributed by atoms with van der Waals surface area (Å²) in [5, 5.41) is 2.78. The number of rotatable bonds is 3. The summed E-state index contributed by atoms with van der Waals surface area (Å²) in [5.41, 5.74) is 0.987. The first-order chi connectivity index (χ1) is 8.58. The van der Waals surface area contributed by atoms with Crippen molar-refractivity contribution in [1.82, 2.24) is 5.32 Å². The largest absolute Gasteiger partial charge is 0.378 e. The number of hydrogen-bond donors (Lipinski definition) is 1. The van der Waals surface area contributed by atoms with Crippen molar-refractivity contribution in [3.8, 4) is 0 Å². The summed E-state index contributed by atoms with van der Waals surface area (Å²) in [5.74, 6) is -0.508. The van der Waals surface area contributed by atoms with Crippen LogP contribution in [0.2, 0.25) is 0 Å². The molecule has 0 aliphatic carbocycles. The van der Waals surface area contributed by atoms with Crippen molar-refractivity contribution in [3.63, 3.8) is 0 Å². The van der Waals surface area contributed by atoms with E-state index in [4.69, 9.17) is 4.74 Å². The van der Waals surface area contributed by atoms with Gasteiger partial charge in [0.15, 0.2) is 0 Å². The Bertz CT molecular complexity index is 447. The lowest BCUT2D eigenvalue weighted by Gasteiger charge is -2.15. The van der Waals surface area contributed by atoms with Crippen molar-refractivity contribution in [2.24, 2.45) is 5.92 Å². The second-order valence-electron chi connectivity index (χ2n) is 4.82. The molecule has 1 heterocycles. The maximum atomic E-state index is 13.5. The molecule has 2 unspecified atom stereocenters. The van der Waals surface area contributed by atoms with E-state index in [2.05, 4.69) is 5.32 Å². The van der Waals surface area contributed by atoms with Crippen molar-refractivity contribution in [3.05, 3.63) is 35.1 Å². The van der Waals surface area contributed by atoms with Gasteiger partial charge >= 0.3 is 0 Å². The first-order valence-electron chi connectivity index (χ1n) is 6.24. The van der Waals surface area contributed by atoms with Crippen molar-refractivity contribution < 1.29 is 13.9 Å². The Labute approximate surface area is 106 Å². The van der Waals surface area contributed by atoms with Crippen LogP contribution < -0.4 is 5.32 Å². The van der Waals surface area contributed by atoms with Crippen LogP contribution >= 0.6 is 0 Å². The van der Waals surface area contributed by atoms with Gasteiger partial charge in [-0.05, 0) is 32.4 Å². The van der Waals surface area contributed by atoms with E-state index in [0.29, 0.717) is 12.5 Å². The maximum absolute atomic E-state index is 13.5. The highest BCUT2D eigenvalue weighted by atomic mass is 19.1. The van der Waals surface area contributed by atoms with E-state index in [1.54, 1.807) is 12.1 Å². The molecule has 3 nitrogen and oxygen atoms in total. The second-order valence-corrected chi connectivity index (χ2v) is 4.82. The molecule has 18 heavy (non-hydrogen) atoms. The van der Waals surface area contributed by atoms with Gasteiger partial charge in [0.2, 0.25) is 0 Å². The highest BCUT2D eigenvalue weighted by Crippen LogP contribution is 2.19. The van der Waals surface area contributed by atoms with Gasteiger partial charge in [-0.3, -0.25) is 4.79 Å². The molecule has 1 fully saturated rings. The molecule has 1 aromatic rings. The van der Waals surface area contributed by atoms with Gasteiger partial charge < -0.3 is 10.1 Å². The van der Waals surface area contributed by atoms with E-state index in [1.165, 1.54) is 6.07 Å². The molecule has 0 aromatic heterocycles. The number of benzene rings is 1. The fraction of sp³-hybridized carbons (Fsp3) is 0.500. The predicted octanol–water partition coefficient (Wildman–Crippen LogP) is 2.29. The molecular weight excluding hydrogens is 233 g/mol. The molecule has 1 aromatic carbocycles. The summed E-state index contributed by atoms with van der Waals surface area (Å²) in [7, 11) is 0. The zero-order valence-corrected chi connectivity index (χ0v) is 10.7. The number of carbonyl (C=O) groups excluding carboxylic acids is 1. The number of aryl methyl sites for hydroxylation is 1. The first-order valence-corrected chi connectivity index (χ1v) is 6.24. The minimum atomic E-state index is -0.478. The average molecular weight is 251 g/mol. The Morgan fingerprint density at radius 3 is 3.00 bits per heavy atom. The standard InChI is InChI=1S/C14H18FNO2/c1-9-3-4-13(15)12(7-9)14(17)16-8-11-5-6-18-10(11)2/h3-4,7,10-11H,5-6,8H2,1-2H3,(H,16,17). The summed E-state index contributed by atoms with van der Waals surface area (Å²) in [4.78, 5) is 11.9. The van der Waals surface area contributed by atoms with E-state index in [9.17, 15) is 9.18 Å². The molecule has 1 aliphatic rings. The van der Waals surface area contributed by atoms with Gasteiger partial charge in [-0.15, -0.1) is 0 Å². The molecule has 0 bridgehead atoms. The Kier molecular flexibility index (Phi) is 3.97. The molecule has 2 atom stereocenters. The van der Waals surface area contributed by atoms with Crippen LogP contribution in [0.4, 0.5) is 4.39 Å². The van der Waals surface area contributed by atoms with Gasteiger partial charge in [-0.2, -0.15) is 0 Å². The third kappa shape index (κ3) is 2.88. The number of nitrogens with one attached hydrogen (secondary N) is 1. The van der Waals surface area contributed by atoms with E-state index in [-0.39, 0.29) is 17.6 Å². The Morgan fingerprint density at radius 1 is 1.56 bits per heavy atom. The third-order valence-corrected chi connectivity index (χ3v) is 3.42. The molecule has 0 saturated carbocycles. The first kappa shape index (κ1) is 13.0. The van der Waals surface area contributed by atoms with Crippen LogP contribution in [0.15, 0.2) is 18.2 Å². The minimum Gasteiger partial charge on any atom is -0.378 e. The number of hydrogen-bond acceptors (Lipinski definition) is 2. The van der Waals surface area contributed by atoms with Gasteiger partial charge in [0, 0.05) is 19.1 Å². The molecule has 1 amide bonds. The molecular formula is C14H18FNO2. The van der Waals surface area contributed by atoms with Gasteiger partial charge in [0.1, 0.15) is 5.82 Å². The van der Waals surface area contributed by atoms with E-state index >= 15 is 0 Å². The van der Waals surface area contributed by atoms with Crippen LogP contribution in [0.1, 0.15) is 29.3 Å². The normalized spacial score (nSPS) is 23.1. The van der Waals surface area contributed by atoms with Gasteiger partial charge in [-0.25, -0.2) is 4.39 Å². The molecule has 0 radical (unpaired) electrons.